The quantitative estimate of drug-likeness (QED) is 0.0227. The van der Waals surface area contributed by atoms with Gasteiger partial charge in [-0.15, -0.1) is 0 Å². The van der Waals surface area contributed by atoms with Crippen molar-refractivity contribution >= 4 is 110 Å². The van der Waals surface area contributed by atoms with Crippen molar-refractivity contribution in [3.63, 3.8) is 0 Å². The molecule has 0 saturated heterocycles. The molecule has 484 valence electrons. The van der Waals surface area contributed by atoms with Crippen LogP contribution in [0.3, 0.4) is 0 Å². The van der Waals surface area contributed by atoms with Gasteiger partial charge in [-0.05, 0) is 89.4 Å². The SMILES string of the molecule is CSCC[C@H](NC(=O)[C@H](Cc1ccc(OS(=O)(=O)O)cc1)NC(=O)[C@@H](N)CC(=O)O)C(=O)NCC(=O)N[C@@H](Cc1c[nH]c2ccccc12)C(=O)N[C@@H](CCSC)C(=O)N[C@@H](CC(=O)O)C(=O)N[C@@H](Cc1ccccc1)C(=O)N[C@@H](Cc1ccc(O)cc1)C(=O)O. The van der Waals surface area contributed by atoms with E-state index in [0.29, 0.717) is 27.6 Å². The molecular weight excluding hydrogens is 1240 g/mol. The fourth-order valence-electron chi connectivity index (χ4n) is 8.95. The highest BCUT2D eigenvalue weighted by atomic mass is 32.3. The highest BCUT2D eigenvalue weighted by molar-refractivity contribution is 7.98. The van der Waals surface area contributed by atoms with Crippen LogP contribution >= 0.6 is 23.5 Å². The molecule has 1 heterocycles. The zero-order chi connectivity index (χ0) is 66.1. The number of phenols is 1. The van der Waals surface area contributed by atoms with Gasteiger partial charge in [-0.1, -0.05) is 72.8 Å². The van der Waals surface area contributed by atoms with E-state index in [0.717, 1.165) is 12.1 Å². The highest BCUT2D eigenvalue weighted by Gasteiger charge is 2.35. The number of carboxylic acid groups (broad SMARTS) is 3. The van der Waals surface area contributed by atoms with Crippen molar-refractivity contribution in [3.8, 4) is 11.5 Å². The largest absolute Gasteiger partial charge is 0.508 e. The molecule has 0 fully saturated rings. The Balaban J connectivity index is 1.35. The normalized spacial score (nSPS) is 13.9. The number of phenolic OH excluding ortho intramolecular Hbond substituents is 1. The number of nitrogens with one attached hydrogen (secondary N) is 9. The van der Waals surface area contributed by atoms with Crippen molar-refractivity contribution in [2.75, 3.05) is 30.6 Å². The summed E-state index contributed by atoms with van der Waals surface area (Å²) in [4.78, 5) is 151. The molecule has 5 rings (SSSR count). The van der Waals surface area contributed by atoms with Gasteiger partial charge < -0.3 is 77.9 Å². The average molecular weight is 1310 g/mol. The average Bonchev–Trinajstić information content (AvgIpc) is 1.75. The van der Waals surface area contributed by atoms with Gasteiger partial charge in [0, 0.05) is 42.8 Å². The molecule has 0 saturated carbocycles. The minimum Gasteiger partial charge on any atom is -0.508 e. The molecule has 1 aromatic heterocycles. The van der Waals surface area contributed by atoms with E-state index in [4.69, 9.17) is 10.3 Å². The number of aromatic hydroxyl groups is 1. The molecular formula is C58H70N10O19S3. The summed E-state index contributed by atoms with van der Waals surface area (Å²) in [6.45, 7) is -0.800. The monoisotopic (exact) mass is 1310 g/mol. The second-order valence-electron chi connectivity index (χ2n) is 20.4. The number of aromatic nitrogens is 1. The van der Waals surface area contributed by atoms with Crippen LogP contribution in [0.1, 0.15) is 47.9 Å². The number of nitrogens with two attached hydrogens (primary N) is 1. The number of amides is 8. The lowest BCUT2D eigenvalue weighted by Crippen LogP contribution is -2.60. The van der Waals surface area contributed by atoms with Crippen LogP contribution in [0, 0.1) is 0 Å². The first kappa shape index (κ1) is 71.5. The van der Waals surface area contributed by atoms with Crippen molar-refractivity contribution in [2.45, 2.75) is 99.7 Å². The van der Waals surface area contributed by atoms with Crippen molar-refractivity contribution in [2.24, 2.45) is 5.73 Å². The van der Waals surface area contributed by atoms with Crippen molar-refractivity contribution in [1.82, 2.24) is 47.5 Å². The molecule has 0 spiro atoms. The van der Waals surface area contributed by atoms with Crippen LogP contribution in [0.25, 0.3) is 10.9 Å². The minimum absolute atomic E-state index is 0.0405. The lowest BCUT2D eigenvalue weighted by atomic mass is 10.0. The first-order valence-corrected chi connectivity index (χ1v) is 31.8. The summed E-state index contributed by atoms with van der Waals surface area (Å²) < 4.78 is 36.0. The number of carbonyl (C=O) groups is 11. The molecule has 8 amide bonds. The summed E-state index contributed by atoms with van der Waals surface area (Å²) in [5.41, 5.74) is 8.19. The Morgan fingerprint density at radius 2 is 0.967 bits per heavy atom. The predicted octanol–water partition coefficient (Wildman–Crippen LogP) is -0.297. The number of carbonyl (C=O) groups excluding carboxylic acids is 8. The topological polar surface area (TPSA) is 470 Å². The molecule has 29 nitrogen and oxygen atoms in total. The van der Waals surface area contributed by atoms with Gasteiger partial charge in [0.2, 0.25) is 47.3 Å². The predicted molar refractivity (Wildman–Crippen MR) is 329 cm³/mol. The van der Waals surface area contributed by atoms with E-state index in [1.807, 2.05) is 0 Å². The van der Waals surface area contributed by atoms with Gasteiger partial charge >= 0.3 is 28.3 Å². The fourth-order valence-corrected chi connectivity index (χ4v) is 10.3. The summed E-state index contributed by atoms with van der Waals surface area (Å²) in [6, 6.07) is 13.2. The molecule has 8 atom stereocenters. The lowest BCUT2D eigenvalue weighted by Gasteiger charge is -2.27. The number of aliphatic carboxylic acids is 3. The van der Waals surface area contributed by atoms with Gasteiger partial charge in [-0.25, -0.2) is 4.79 Å². The summed E-state index contributed by atoms with van der Waals surface area (Å²) in [7, 11) is -4.90. The third-order valence-corrected chi connectivity index (χ3v) is 15.2. The number of benzene rings is 4. The van der Waals surface area contributed by atoms with E-state index in [-0.39, 0.29) is 67.1 Å². The fraction of sp³-hybridized carbons (Fsp3) is 0.362. The Kier molecular flexibility index (Phi) is 27.9. The number of rotatable bonds is 37. The van der Waals surface area contributed by atoms with Gasteiger partial charge in [-0.3, -0.25) is 52.5 Å². The smallest absolute Gasteiger partial charge is 0.446 e. The Morgan fingerprint density at radius 1 is 0.522 bits per heavy atom. The maximum atomic E-state index is 14.6. The van der Waals surface area contributed by atoms with Crippen molar-refractivity contribution in [1.29, 1.82) is 0 Å². The lowest BCUT2D eigenvalue weighted by molar-refractivity contribution is -0.143. The number of hydrogen-bond acceptors (Lipinski definition) is 18. The zero-order valence-electron chi connectivity index (χ0n) is 48.5. The Morgan fingerprint density at radius 3 is 1.51 bits per heavy atom. The summed E-state index contributed by atoms with van der Waals surface area (Å²) in [5.74, 6) is -12.3. The first-order valence-electron chi connectivity index (χ1n) is 27.6. The number of aromatic amines is 1. The Hall–Kier alpha value is -9.24. The molecule has 32 heteroatoms. The third kappa shape index (κ3) is 24.0. The number of carboxylic acids is 3. The molecule has 5 aromatic rings. The van der Waals surface area contributed by atoms with E-state index < -0.39 is 143 Å². The zero-order valence-corrected chi connectivity index (χ0v) is 51.0. The van der Waals surface area contributed by atoms with Crippen molar-refractivity contribution < 1.29 is 90.3 Å². The maximum absolute atomic E-state index is 14.6. The van der Waals surface area contributed by atoms with E-state index >= 15 is 0 Å². The highest BCUT2D eigenvalue weighted by Crippen LogP contribution is 2.21. The number of hydrogen-bond donors (Lipinski definition) is 15. The second-order valence-corrected chi connectivity index (χ2v) is 23.4. The van der Waals surface area contributed by atoms with Crippen molar-refractivity contribution in [3.05, 3.63) is 132 Å². The Bertz CT molecular complexity index is 3450. The molecule has 0 radical (unpaired) electrons. The van der Waals surface area contributed by atoms with Crippen LogP contribution < -0.4 is 52.5 Å². The van der Waals surface area contributed by atoms with E-state index in [9.17, 15) is 81.6 Å². The van der Waals surface area contributed by atoms with Gasteiger partial charge in [0.15, 0.2) is 0 Å². The third-order valence-electron chi connectivity index (χ3n) is 13.5. The van der Waals surface area contributed by atoms with Crippen LogP contribution in [-0.4, -0.2) is 182 Å². The van der Waals surface area contributed by atoms with E-state index in [2.05, 4.69) is 51.7 Å². The Labute approximate surface area is 524 Å². The molecule has 0 bridgehead atoms. The van der Waals surface area contributed by atoms with Crippen LogP contribution in [0.2, 0.25) is 0 Å². The van der Waals surface area contributed by atoms with Gasteiger partial charge in [-0.2, -0.15) is 31.9 Å². The van der Waals surface area contributed by atoms with Gasteiger partial charge in [0.1, 0.15) is 53.8 Å². The van der Waals surface area contributed by atoms with Crippen LogP contribution in [0.15, 0.2) is 109 Å². The molecule has 16 N–H and O–H groups in total. The maximum Gasteiger partial charge on any atom is 0.446 e. The number of para-hydroxylation sites is 1. The van der Waals surface area contributed by atoms with E-state index in [1.165, 1.54) is 59.9 Å². The van der Waals surface area contributed by atoms with Gasteiger partial charge in [0.05, 0.1) is 25.4 Å². The number of fused-ring (bicyclic) bond motifs is 1. The summed E-state index contributed by atoms with van der Waals surface area (Å²) in [6.07, 6.45) is 2.01. The second kappa shape index (κ2) is 35.1. The minimum atomic E-state index is -4.90. The molecule has 4 aromatic carbocycles. The van der Waals surface area contributed by atoms with Crippen LogP contribution in [-0.2, 0) is 88.8 Å². The first-order chi connectivity index (χ1) is 42.7. The molecule has 90 heavy (non-hydrogen) atoms. The molecule has 0 aliphatic rings. The number of thioether (sulfide) groups is 2. The molecule has 0 unspecified atom stereocenters. The van der Waals surface area contributed by atoms with E-state index in [1.54, 1.807) is 73.3 Å². The standard InChI is InChI=1S/C58H70N10O19S3/c1-88-22-20-41(63-54(78)43(65-51(75)39(59)28-49(71)72)25-34-14-18-37(19-15-34)87-90(84,85)86)52(76)61-31-48(70)62-45(27-35-30-60-40-11-7-6-10-38(35)40)56(80)64-42(21-23-89-2)53(77)67-46(29-50(73)74)57(81)66-44(24-32-8-4-3-5-9-32)55(79)68-47(58(82)83)26-33-12-16-36(69)17-13-33/h3-19,30,39,41-47,60,69H,20-29,31,59H2,1-2H3,(H,61,76)(H,62,70)(H,63,78)(H,64,80)(H,65,75)(H,66,81)(H,67,77)(H,68,79)(H,71,72)(H,73,74)(H,82,83)(H,84,85,86)/t39-,41-,42-,43-,44-,45-,46-,47-/m0/s1. The summed E-state index contributed by atoms with van der Waals surface area (Å²) in [5, 5.41) is 59.5. The van der Waals surface area contributed by atoms with Crippen LogP contribution in [0.5, 0.6) is 11.5 Å². The van der Waals surface area contributed by atoms with Crippen LogP contribution in [0.4, 0.5) is 0 Å². The summed E-state index contributed by atoms with van der Waals surface area (Å²) >= 11 is 2.56. The molecule has 0 aliphatic heterocycles. The molecule has 0 aliphatic carbocycles. The number of H-pyrrole nitrogens is 1. The van der Waals surface area contributed by atoms with Gasteiger partial charge in [0.25, 0.3) is 0 Å².